The second-order valence-corrected chi connectivity index (χ2v) is 8.05. The number of carbonyl (C=O) groups excluding carboxylic acids is 3. The smallest absolute Gasteiger partial charge is 0.306 e. The zero-order chi connectivity index (χ0) is 19.9. The van der Waals surface area contributed by atoms with Gasteiger partial charge in [0.25, 0.3) is 5.91 Å². The van der Waals surface area contributed by atoms with Gasteiger partial charge in [0.05, 0.1) is 11.3 Å². The van der Waals surface area contributed by atoms with Crippen molar-refractivity contribution in [2.24, 2.45) is 0 Å². The fraction of sp³-hybridized carbons (Fsp3) is 0.471. The molecule has 144 valence electrons. The number of rotatable bonds is 9. The van der Waals surface area contributed by atoms with E-state index < -0.39 is 28.5 Å². The van der Waals surface area contributed by atoms with Crippen LogP contribution in [0.25, 0.3) is 0 Å². The van der Waals surface area contributed by atoms with Gasteiger partial charge in [0.2, 0.25) is 10.0 Å². The van der Waals surface area contributed by atoms with Crippen LogP contribution in [0.3, 0.4) is 0 Å². The molecule has 0 spiro atoms. The molecule has 0 radical (unpaired) electrons. The van der Waals surface area contributed by atoms with Crippen LogP contribution in [0.4, 0.5) is 5.69 Å². The Hall–Kier alpha value is -2.26. The van der Waals surface area contributed by atoms with Crippen molar-refractivity contribution in [1.29, 1.82) is 0 Å². The lowest BCUT2D eigenvalue weighted by Crippen LogP contribution is -2.33. The van der Waals surface area contributed by atoms with Gasteiger partial charge in [-0.05, 0) is 45.0 Å². The van der Waals surface area contributed by atoms with Crippen LogP contribution in [0, 0.1) is 0 Å². The molecule has 0 fully saturated rings. The second-order valence-electron chi connectivity index (χ2n) is 6.05. The number of hydrogen-bond donors (Lipinski definition) is 1. The summed E-state index contributed by atoms with van der Waals surface area (Å²) in [5.74, 6) is -1.32. The highest BCUT2D eigenvalue weighted by atomic mass is 32.2. The highest BCUT2D eigenvalue weighted by Gasteiger charge is 2.22. The topological polar surface area (TPSA) is 110 Å². The molecule has 9 heteroatoms. The molecule has 1 amide bonds. The van der Waals surface area contributed by atoms with Crippen molar-refractivity contribution in [2.45, 2.75) is 44.6 Å². The van der Waals surface area contributed by atoms with Crippen LogP contribution in [0.5, 0.6) is 0 Å². The number of carbonyl (C=O) groups is 3. The van der Waals surface area contributed by atoms with E-state index in [0.29, 0.717) is 5.69 Å². The number of amides is 1. The maximum Gasteiger partial charge on any atom is 0.306 e. The first-order valence-corrected chi connectivity index (χ1v) is 9.51. The minimum Gasteiger partial charge on any atom is -0.456 e. The third-order valence-electron chi connectivity index (χ3n) is 3.59. The Morgan fingerprint density at radius 3 is 2.19 bits per heavy atom. The lowest BCUT2D eigenvalue weighted by atomic mass is 10.2. The summed E-state index contributed by atoms with van der Waals surface area (Å²) in [4.78, 5) is 34.0. The summed E-state index contributed by atoms with van der Waals surface area (Å²) < 4.78 is 30.7. The first kappa shape index (κ1) is 21.8. The van der Waals surface area contributed by atoms with Crippen LogP contribution in [0.1, 0.15) is 33.6 Å². The number of nitrogens with one attached hydrogen (secondary N) is 1. The maximum atomic E-state index is 12.4. The third kappa shape index (κ3) is 6.57. The van der Waals surface area contributed by atoms with Crippen molar-refractivity contribution < 1.29 is 27.5 Å². The second kappa shape index (κ2) is 9.44. The first-order valence-electron chi connectivity index (χ1n) is 8.07. The Kier molecular flexibility index (Phi) is 7.91. The summed E-state index contributed by atoms with van der Waals surface area (Å²) in [7, 11) is -2.10. The van der Waals surface area contributed by atoms with Crippen LogP contribution >= 0.6 is 0 Å². The van der Waals surface area contributed by atoms with E-state index in [1.54, 1.807) is 13.8 Å². The summed E-state index contributed by atoms with van der Waals surface area (Å²) in [6.07, 6.45) is -0.000247. The van der Waals surface area contributed by atoms with E-state index in [-0.39, 0.29) is 29.6 Å². The summed E-state index contributed by atoms with van der Waals surface area (Å²) in [6, 6.07) is 5.51. The predicted octanol–water partition coefficient (Wildman–Crippen LogP) is 1.57. The van der Waals surface area contributed by atoms with Crippen molar-refractivity contribution >= 4 is 33.4 Å². The zero-order valence-corrected chi connectivity index (χ0v) is 16.1. The SMILES string of the molecule is CC(=O)CCC(=O)OCC(=O)Nc1ccc(S(=O)(=O)N(C)C(C)C)cc1. The molecule has 8 nitrogen and oxygen atoms in total. The van der Waals surface area contributed by atoms with Gasteiger partial charge in [-0.25, -0.2) is 8.42 Å². The van der Waals surface area contributed by atoms with E-state index in [9.17, 15) is 22.8 Å². The average molecular weight is 384 g/mol. The molecular formula is C17H24N2O6S. The number of ketones is 1. The van der Waals surface area contributed by atoms with Gasteiger partial charge in [-0.1, -0.05) is 0 Å². The Morgan fingerprint density at radius 1 is 1.12 bits per heavy atom. The van der Waals surface area contributed by atoms with E-state index in [4.69, 9.17) is 4.74 Å². The normalized spacial score (nSPS) is 11.5. The van der Waals surface area contributed by atoms with Crippen molar-refractivity contribution in [3.63, 3.8) is 0 Å². The van der Waals surface area contributed by atoms with E-state index in [2.05, 4.69) is 5.32 Å². The van der Waals surface area contributed by atoms with Crippen molar-refractivity contribution in [1.82, 2.24) is 4.31 Å². The molecule has 1 aromatic rings. The summed E-state index contributed by atoms with van der Waals surface area (Å²) >= 11 is 0. The zero-order valence-electron chi connectivity index (χ0n) is 15.3. The van der Waals surface area contributed by atoms with E-state index in [1.165, 1.54) is 42.5 Å². The quantitative estimate of drug-likeness (QED) is 0.647. The van der Waals surface area contributed by atoms with Crippen LogP contribution in [-0.4, -0.2) is 50.1 Å². The molecule has 0 saturated carbocycles. The number of ether oxygens (including phenoxy) is 1. The number of sulfonamides is 1. The molecule has 1 aromatic carbocycles. The monoisotopic (exact) mass is 384 g/mol. The fourth-order valence-corrected chi connectivity index (χ4v) is 3.22. The van der Waals surface area contributed by atoms with Gasteiger partial charge in [-0.2, -0.15) is 4.31 Å². The minimum atomic E-state index is -3.59. The molecule has 0 heterocycles. The van der Waals surface area contributed by atoms with Gasteiger partial charge in [0, 0.05) is 25.2 Å². The summed E-state index contributed by atoms with van der Waals surface area (Å²) in [6.45, 7) is 4.42. The minimum absolute atomic E-state index is 0.0706. The number of Topliss-reactive ketones (excluding diaryl/α,β-unsaturated/α-hetero) is 1. The Labute approximate surface area is 153 Å². The maximum absolute atomic E-state index is 12.4. The molecule has 0 aliphatic rings. The lowest BCUT2D eigenvalue weighted by Gasteiger charge is -2.21. The molecule has 0 aromatic heterocycles. The van der Waals surface area contributed by atoms with E-state index in [0.717, 1.165) is 0 Å². The highest BCUT2D eigenvalue weighted by molar-refractivity contribution is 7.89. The van der Waals surface area contributed by atoms with Gasteiger partial charge in [0.1, 0.15) is 5.78 Å². The average Bonchev–Trinajstić information content (AvgIpc) is 2.57. The van der Waals surface area contributed by atoms with Gasteiger partial charge in [-0.3, -0.25) is 9.59 Å². The molecule has 0 unspecified atom stereocenters. The summed E-state index contributed by atoms with van der Waals surface area (Å²) in [5.41, 5.74) is 0.376. The number of hydrogen-bond acceptors (Lipinski definition) is 6. The summed E-state index contributed by atoms with van der Waals surface area (Å²) in [5, 5.41) is 2.50. The van der Waals surface area contributed by atoms with Crippen molar-refractivity contribution in [2.75, 3.05) is 19.0 Å². The van der Waals surface area contributed by atoms with E-state index in [1.807, 2.05) is 0 Å². The molecule has 1 N–H and O–H groups in total. The fourth-order valence-electron chi connectivity index (χ4n) is 1.85. The van der Waals surface area contributed by atoms with E-state index >= 15 is 0 Å². The standard InChI is InChI=1S/C17H24N2O6S/c1-12(2)19(4)26(23,24)15-8-6-14(7-9-15)18-16(21)11-25-17(22)10-5-13(3)20/h6-9,12H,5,10-11H2,1-4H3,(H,18,21). The molecule has 0 aliphatic heterocycles. The largest absolute Gasteiger partial charge is 0.456 e. The number of esters is 1. The molecule has 1 rings (SSSR count). The molecule has 0 bridgehead atoms. The molecule has 26 heavy (non-hydrogen) atoms. The van der Waals surface area contributed by atoms with Crippen molar-refractivity contribution in [3.8, 4) is 0 Å². The van der Waals surface area contributed by atoms with Gasteiger partial charge < -0.3 is 14.8 Å². The van der Waals surface area contributed by atoms with Gasteiger partial charge >= 0.3 is 5.97 Å². The van der Waals surface area contributed by atoms with Crippen LogP contribution in [-0.2, 0) is 29.1 Å². The third-order valence-corrected chi connectivity index (χ3v) is 5.64. The van der Waals surface area contributed by atoms with Crippen molar-refractivity contribution in [3.05, 3.63) is 24.3 Å². The molecule has 0 saturated heterocycles. The van der Waals surface area contributed by atoms with Crippen LogP contribution in [0.15, 0.2) is 29.2 Å². The lowest BCUT2D eigenvalue weighted by molar-refractivity contribution is -0.148. The number of benzene rings is 1. The van der Waals surface area contributed by atoms with Crippen LogP contribution in [0.2, 0.25) is 0 Å². The number of nitrogens with zero attached hydrogens (tertiary/aromatic N) is 1. The molecule has 0 atom stereocenters. The molecular weight excluding hydrogens is 360 g/mol. The van der Waals surface area contributed by atoms with Gasteiger partial charge in [0.15, 0.2) is 6.61 Å². The first-order chi connectivity index (χ1) is 12.0. The predicted molar refractivity (Wildman–Crippen MR) is 96.0 cm³/mol. The molecule has 0 aliphatic carbocycles. The Balaban J connectivity index is 2.60. The highest BCUT2D eigenvalue weighted by Crippen LogP contribution is 2.19. The Morgan fingerprint density at radius 2 is 1.69 bits per heavy atom. The number of anilines is 1. The van der Waals surface area contributed by atoms with Gasteiger partial charge in [-0.15, -0.1) is 0 Å². The Bertz CT molecular complexity index is 756. The van der Waals surface area contributed by atoms with Crippen LogP contribution < -0.4 is 5.32 Å².